The SMILES string of the molecule is [2H]C([2H])(c1ccccc1)N(Cc1ccccc1OCCCCCC(=O)O)C(=O)c1ccc(F)nc1.[2H]C([2H])(c1ccccc1OCCCCCC(=O)[O-])N(C(=O)c1ccc(-c2ccco2)cc1)C1CC1.[2H]C1(N(Cc2ccccc2OCCCCCC(=O)[O-])C(=O)c2ccc(-c3ccco3)cc2)CC1.[Na+].[Na+]. The zero-order valence-electron chi connectivity index (χ0n) is 62.0. The van der Waals surface area contributed by atoms with Crippen molar-refractivity contribution in [2.75, 3.05) is 19.8 Å². The third-order valence-corrected chi connectivity index (χ3v) is 16.0. The Morgan fingerprint density at radius 3 is 1.38 bits per heavy atom. The van der Waals surface area contributed by atoms with Crippen LogP contribution in [0.3, 0.4) is 0 Å². The second-order valence-electron chi connectivity index (χ2n) is 23.7. The number of carboxylic acid groups (broad SMARTS) is 3. The van der Waals surface area contributed by atoms with E-state index < -0.39 is 48.8 Å². The van der Waals surface area contributed by atoms with Gasteiger partial charge < -0.3 is 62.7 Å². The average molecular weight is 1390 g/mol. The number of unbranched alkanes of at least 4 members (excludes halogenated alkanes) is 6. The molecule has 0 unspecified atom stereocenters. The Kier molecular flexibility index (Phi) is 30.2. The second-order valence-corrected chi connectivity index (χ2v) is 23.7. The van der Waals surface area contributed by atoms with E-state index in [0.717, 1.165) is 65.3 Å². The normalized spacial score (nSPS) is 13.3. The van der Waals surface area contributed by atoms with Gasteiger partial charge in [-0.05, 0) is 181 Å². The summed E-state index contributed by atoms with van der Waals surface area (Å²) in [4.78, 5) is 79.6. The van der Waals surface area contributed by atoms with Crippen LogP contribution in [-0.2, 0) is 40.5 Å². The topological polar surface area (TPSA) is 245 Å². The van der Waals surface area contributed by atoms with Crippen molar-refractivity contribution >= 4 is 35.6 Å². The number of ether oxygens (including phenoxy) is 3. The van der Waals surface area contributed by atoms with E-state index in [1.807, 2.05) is 54.6 Å². The van der Waals surface area contributed by atoms with Crippen LogP contribution in [0.5, 0.6) is 17.2 Å². The molecule has 2 saturated carbocycles. The van der Waals surface area contributed by atoms with Crippen molar-refractivity contribution in [3.63, 3.8) is 0 Å². The summed E-state index contributed by atoms with van der Waals surface area (Å²) in [6.45, 7) is -2.95. The third-order valence-electron chi connectivity index (χ3n) is 16.0. The number of nitrogens with zero attached hydrogens (tertiary/aromatic N) is 4. The Labute approximate surface area is 640 Å². The Balaban J connectivity index is 0.000000220. The maximum atomic E-state index is 13.5. The molecule has 0 bridgehead atoms. The number of hydrogen-bond acceptors (Lipinski definition) is 14. The van der Waals surface area contributed by atoms with Gasteiger partial charge in [-0.3, -0.25) is 19.2 Å². The summed E-state index contributed by atoms with van der Waals surface area (Å²) in [5, 5.41) is 29.8. The van der Waals surface area contributed by atoms with E-state index in [9.17, 15) is 43.4 Å². The number of hydrogen-bond donors (Lipinski definition) is 1. The molecule has 516 valence electrons. The standard InChI is InChI=1S/2C27H29NO5.C26H27FN2O4.2Na/c2*29-26(30)10-2-1-5-17-32-25-8-4-3-7-22(25)19-28(23-15-16-23)27(31)21-13-11-20(12-14-21)24-9-6-18-33-24;27-24-15-14-21(17-28-24)26(32)29(18-20-9-3-1-4-10-20)19-22-11-6-7-12-23(22)33-16-8-2-5-13-25(30)31;;/h2*3-4,6-9,11-14,18,23H,1-2,5,10,15-17,19H2,(H,29,30);1,3-4,6-7,9-12,14-15,17H,2,5,8,13,16,18-19H2,(H,30,31);;/q;;;2*+1/p-2/i23D;19D2;18D2;;. The molecule has 0 spiro atoms. The van der Waals surface area contributed by atoms with Crippen molar-refractivity contribution in [2.45, 2.75) is 141 Å². The summed E-state index contributed by atoms with van der Waals surface area (Å²) < 4.78 is 86.1. The summed E-state index contributed by atoms with van der Waals surface area (Å²) in [5.41, 5.74) is 4.75. The predicted octanol–water partition coefficient (Wildman–Crippen LogP) is 7.98. The molecule has 2 aliphatic carbocycles. The number of benzene rings is 6. The number of furan rings is 2. The van der Waals surface area contributed by atoms with Gasteiger partial charge in [0.2, 0.25) is 5.95 Å². The Morgan fingerprint density at radius 2 is 0.931 bits per heavy atom. The quantitative estimate of drug-likeness (QED) is 0.0222. The van der Waals surface area contributed by atoms with E-state index in [1.54, 1.807) is 139 Å². The molecular formula is C80H83FN4Na2O14. The van der Waals surface area contributed by atoms with Crippen LogP contribution < -0.4 is 83.5 Å². The molecule has 2 aliphatic rings. The van der Waals surface area contributed by atoms with Gasteiger partial charge in [-0.1, -0.05) is 109 Å². The van der Waals surface area contributed by atoms with Crippen molar-refractivity contribution in [1.29, 1.82) is 0 Å². The Morgan fingerprint density at radius 1 is 0.485 bits per heavy atom. The van der Waals surface area contributed by atoms with Crippen molar-refractivity contribution in [3.8, 4) is 39.9 Å². The van der Waals surface area contributed by atoms with Crippen LogP contribution in [0.2, 0.25) is 0 Å². The molecule has 3 aromatic heterocycles. The molecule has 9 aromatic rings. The number of aliphatic carboxylic acids is 3. The van der Waals surface area contributed by atoms with Gasteiger partial charge in [0.05, 0.1) is 44.8 Å². The fourth-order valence-electron chi connectivity index (χ4n) is 10.4. The minimum Gasteiger partial charge on any atom is -0.550 e. The molecule has 3 heterocycles. The van der Waals surface area contributed by atoms with Crippen LogP contribution in [0.15, 0.2) is 216 Å². The van der Waals surface area contributed by atoms with Gasteiger partial charge in [-0.15, -0.1) is 0 Å². The van der Waals surface area contributed by atoms with E-state index in [0.29, 0.717) is 128 Å². The number of carbonyl (C=O) groups excluding carboxylic acids is 5. The van der Waals surface area contributed by atoms with Crippen LogP contribution in [0.4, 0.5) is 4.39 Å². The maximum Gasteiger partial charge on any atom is 1.00 e. The second kappa shape index (κ2) is 42.4. The van der Waals surface area contributed by atoms with Crippen molar-refractivity contribution < 1.29 is 137 Å². The van der Waals surface area contributed by atoms with Gasteiger partial charge in [-0.25, -0.2) is 4.98 Å². The number of carboxylic acids is 3. The first kappa shape index (κ1) is 72.0. The smallest absolute Gasteiger partial charge is 0.550 e. The number of pyridine rings is 1. The van der Waals surface area contributed by atoms with Gasteiger partial charge in [0.1, 0.15) is 28.8 Å². The van der Waals surface area contributed by atoms with Crippen molar-refractivity contribution in [1.82, 2.24) is 19.7 Å². The first-order valence-corrected chi connectivity index (χ1v) is 33.3. The third kappa shape index (κ3) is 26.6. The fourth-order valence-corrected chi connectivity index (χ4v) is 10.4. The van der Waals surface area contributed by atoms with Crippen LogP contribution in [0, 0.1) is 5.95 Å². The van der Waals surface area contributed by atoms with Crippen molar-refractivity contribution in [2.24, 2.45) is 0 Å². The van der Waals surface area contributed by atoms with Gasteiger partial charge in [-0.2, -0.15) is 4.39 Å². The largest absolute Gasteiger partial charge is 1.00 e. The molecule has 6 aromatic carbocycles. The fraction of sp³-hybridized carbons (Fsp3) is 0.312. The van der Waals surface area contributed by atoms with E-state index in [-0.39, 0.29) is 115 Å². The van der Waals surface area contributed by atoms with Crippen molar-refractivity contribution in [3.05, 3.63) is 252 Å². The Bertz CT molecular complexity index is 4250. The predicted molar refractivity (Wildman–Crippen MR) is 367 cm³/mol. The average Bonchev–Trinajstić information content (AvgIpc) is 1.46. The summed E-state index contributed by atoms with van der Waals surface area (Å²) in [6.07, 6.45) is 13.0. The molecule has 2 fully saturated rings. The number of amides is 3. The molecule has 11 rings (SSSR count). The maximum absolute atomic E-state index is 13.5. The molecule has 18 nitrogen and oxygen atoms in total. The number of rotatable bonds is 36. The number of halogens is 1. The number of para-hydroxylation sites is 3. The number of aromatic nitrogens is 1. The minimum absolute atomic E-state index is 0. The molecule has 101 heavy (non-hydrogen) atoms. The van der Waals surface area contributed by atoms with Crippen LogP contribution in [-0.4, -0.2) is 92.3 Å². The zero-order chi connectivity index (χ0) is 74.1. The first-order chi connectivity index (χ1) is 50.1. The van der Waals surface area contributed by atoms with Gasteiger partial charge in [0.15, 0.2) is 0 Å². The Hall–Kier alpha value is -8.82. The molecule has 0 aliphatic heterocycles. The molecule has 0 saturated heterocycles. The summed E-state index contributed by atoms with van der Waals surface area (Å²) >= 11 is 0. The van der Waals surface area contributed by atoms with Crippen LogP contribution in [0.1, 0.15) is 163 Å². The van der Waals surface area contributed by atoms with Crippen LogP contribution in [0.25, 0.3) is 22.6 Å². The minimum atomic E-state index is -2.18. The van der Waals surface area contributed by atoms with E-state index in [4.69, 9.17) is 35.0 Å². The van der Waals surface area contributed by atoms with Gasteiger partial charge in [0, 0.05) is 102 Å². The van der Waals surface area contributed by atoms with E-state index in [1.165, 1.54) is 11.0 Å². The van der Waals surface area contributed by atoms with Crippen LogP contribution >= 0.6 is 0 Å². The van der Waals surface area contributed by atoms with E-state index in [2.05, 4.69) is 4.98 Å². The van der Waals surface area contributed by atoms with Gasteiger partial charge >= 0.3 is 65.1 Å². The molecule has 0 radical (unpaired) electrons. The summed E-state index contributed by atoms with van der Waals surface area (Å²) in [5.74, 6) is -1.87. The first-order valence-electron chi connectivity index (χ1n) is 35.8. The number of carbonyl (C=O) groups is 6. The monoisotopic (exact) mass is 1390 g/mol. The molecule has 1 N–H and O–H groups in total. The zero-order valence-corrected chi connectivity index (χ0v) is 61.0. The molecular weight excluding hydrogens is 1310 g/mol. The summed E-state index contributed by atoms with van der Waals surface area (Å²) in [7, 11) is 0. The summed E-state index contributed by atoms with van der Waals surface area (Å²) in [6, 6.07) is 52.6. The molecule has 0 atom stereocenters. The molecule has 3 amide bonds. The van der Waals surface area contributed by atoms with Gasteiger partial charge in [0.25, 0.3) is 17.7 Å². The molecule has 21 heteroatoms. The van der Waals surface area contributed by atoms with E-state index >= 15 is 0 Å².